The summed E-state index contributed by atoms with van der Waals surface area (Å²) in [5, 5.41) is 8.25. The van der Waals surface area contributed by atoms with Gasteiger partial charge in [-0.1, -0.05) is 12.1 Å². The molecule has 1 aromatic carbocycles. The summed E-state index contributed by atoms with van der Waals surface area (Å²) < 4.78 is 6.91. The van der Waals surface area contributed by atoms with Crippen LogP contribution in [0.1, 0.15) is 21.7 Å². The van der Waals surface area contributed by atoms with E-state index < -0.39 is 5.91 Å². The summed E-state index contributed by atoms with van der Waals surface area (Å²) in [4.78, 5) is 11.3. The Morgan fingerprint density at radius 3 is 2.62 bits per heavy atom. The highest BCUT2D eigenvalue weighted by molar-refractivity contribution is 5.92. The third-order valence-corrected chi connectivity index (χ3v) is 3.28. The van der Waals surface area contributed by atoms with E-state index in [1.165, 1.54) is 0 Å². The molecule has 2 aromatic heterocycles. The first kappa shape index (κ1) is 13.1. The maximum Gasteiger partial charge on any atom is 0.250 e. The molecule has 21 heavy (non-hydrogen) atoms. The number of nitrogens with zero attached hydrogens (tertiary/aromatic N) is 3. The quantitative estimate of drug-likeness (QED) is 0.784. The molecule has 0 saturated carbocycles. The summed E-state index contributed by atoms with van der Waals surface area (Å²) in [5.74, 6) is 1.08. The summed E-state index contributed by atoms with van der Waals surface area (Å²) in [6.45, 7) is 0. The van der Waals surface area contributed by atoms with Crippen molar-refractivity contribution in [2.24, 2.45) is 5.73 Å². The zero-order valence-corrected chi connectivity index (χ0v) is 11.5. The average molecular weight is 282 g/mol. The number of rotatable bonds is 4. The predicted octanol–water partition coefficient (Wildman–Crippen LogP) is 1.43. The second-order valence-electron chi connectivity index (χ2n) is 4.65. The minimum Gasteiger partial charge on any atom is -0.497 e. The van der Waals surface area contributed by atoms with Gasteiger partial charge < -0.3 is 10.5 Å². The lowest BCUT2D eigenvalue weighted by Crippen LogP contribution is -2.12. The first-order valence-corrected chi connectivity index (χ1v) is 6.44. The maximum absolute atomic E-state index is 11.3. The molecule has 2 heterocycles. The van der Waals surface area contributed by atoms with Crippen molar-refractivity contribution in [3.8, 4) is 5.75 Å². The molecule has 6 nitrogen and oxygen atoms in total. The fraction of sp³-hybridized carbons (Fsp3) is 0.133. The van der Waals surface area contributed by atoms with Gasteiger partial charge in [-0.3, -0.25) is 9.20 Å². The van der Waals surface area contributed by atoms with Crippen LogP contribution in [0.5, 0.6) is 5.75 Å². The molecule has 0 aliphatic carbocycles. The van der Waals surface area contributed by atoms with Crippen molar-refractivity contribution in [1.29, 1.82) is 0 Å². The SMILES string of the molecule is COc1ccc(Cc2nnc3ccc(C(N)=O)cn23)cc1. The molecule has 0 atom stereocenters. The van der Waals surface area contributed by atoms with Crippen molar-refractivity contribution < 1.29 is 9.53 Å². The van der Waals surface area contributed by atoms with E-state index in [9.17, 15) is 4.79 Å². The van der Waals surface area contributed by atoms with Crippen LogP contribution in [0.4, 0.5) is 0 Å². The number of hydrogen-bond donors (Lipinski definition) is 1. The molecule has 0 unspecified atom stereocenters. The molecule has 106 valence electrons. The van der Waals surface area contributed by atoms with E-state index in [0.29, 0.717) is 17.6 Å². The van der Waals surface area contributed by atoms with E-state index in [-0.39, 0.29) is 0 Å². The van der Waals surface area contributed by atoms with Crippen LogP contribution in [0, 0.1) is 0 Å². The fourth-order valence-electron chi connectivity index (χ4n) is 2.13. The van der Waals surface area contributed by atoms with Gasteiger partial charge in [-0.2, -0.15) is 0 Å². The number of hydrogen-bond acceptors (Lipinski definition) is 4. The first-order valence-electron chi connectivity index (χ1n) is 6.44. The van der Waals surface area contributed by atoms with E-state index in [1.54, 1.807) is 29.8 Å². The lowest BCUT2D eigenvalue weighted by atomic mass is 10.1. The highest BCUT2D eigenvalue weighted by atomic mass is 16.5. The van der Waals surface area contributed by atoms with Crippen LogP contribution in [0.3, 0.4) is 0 Å². The highest BCUT2D eigenvalue weighted by Crippen LogP contribution is 2.15. The van der Waals surface area contributed by atoms with Crippen LogP contribution in [-0.4, -0.2) is 27.6 Å². The Morgan fingerprint density at radius 2 is 1.95 bits per heavy atom. The van der Waals surface area contributed by atoms with Crippen molar-refractivity contribution in [1.82, 2.24) is 14.6 Å². The molecule has 1 amide bonds. The molecule has 3 aromatic rings. The van der Waals surface area contributed by atoms with Crippen LogP contribution >= 0.6 is 0 Å². The van der Waals surface area contributed by atoms with Gasteiger partial charge in [-0.05, 0) is 29.8 Å². The molecule has 0 saturated heterocycles. The van der Waals surface area contributed by atoms with Crippen LogP contribution in [0.15, 0.2) is 42.6 Å². The Hall–Kier alpha value is -2.89. The largest absolute Gasteiger partial charge is 0.497 e. The number of methoxy groups -OCH3 is 1. The first-order chi connectivity index (χ1) is 10.2. The van der Waals surface area contributed by atoms with Gasteiger partial charge in [0.25, 0.3) is 0 Å². The Labute approximate surface area is 121 Å². The predicted molar refractivity (Wildman–Crippen MR) is 77.3 cm³/mol. The summed E-state index contributed by atoms with van der Waals surface area (Å²) in [7, 11) is 1.63. The number of nitrogens with two attached hydrogens (primary N) is 1. The smallest absolute Gasteiger partial charge is 0.250 e. The molecule has 0 spiro atoms. The number of aromatic nitrogens is 3. The van der Waals surface area contributed by atoms with E-state index in [0.717, 1.165) is 17.1 Å². The molecule has 3 rings (SSSR count). The number of ether oxygens (including phenoxy) is 1. The monoisotopic (exact) mass is 282 g/mol. The van der Waals surface area contributed by atoms with Crippen LogP contribution in [0.2, 0.25) is 0 Å². The van der Waals surface area contributed by atoms with Gasteiger partial charge in [0.15, 0.2) is 5.65 Å². The second-order valence-corrected chi connectivity index (χ2v) is 4.65. The van der Waals surface area contributed by atoms with Crippen molar-refractivity contribution in [3.05, 3.63) is 59.5 Å². The molecule has 0 aliphatic heterocycles. The Bertz CT molecular complexity index is 793. The number of benzene rings is 1. The zero-order chi connectivity index (χ0) is 14.8. The molecule has 2 N–H and O–H groups in total. The van der Waals surface area contributed by atoms with Gasteiger partial charge in [-0.25, -0.2) is 0 Å². The highest BCUT2D eigenvalue weighted by Gasteiger charge is 2.09. The molecule has 0 aliphatic rings. The normalized spacial score (nSPS) is 10.7. The fourth-order valence-corrected chi connectivity index (χ4v) is 2.13. The third kappa shape index (κ3) is 2.55. The van der Waals surface area contributed by atoms with E-state index in [4.69, 9.17) is 10.5 Å². The van der Waals surface area contributed by atoms with Crippen molar-refractivity contribution in [2.75, 3.05) is 7.11 Å². The lowest BCUT2D eigenvalue weighted by molar-refractivity contribution is 0.1000. The van der Waals surface area contributed by atoms with Gasteiger partial charge >= 0.3 is 0 Å². The minimum absolute atomic E-state index is 0.429. The molecular formula is C15H14N4O2. The summed E-state index contributed by atoms with van der Waals surface area (Å²) in [5.41, 5.74) is 7.49. The van der Waals surface area contributed by atoms with E-state index in [2.05, 4.69) is 10.2 Å². The number of pyridine rings is 1. The molecule has 0 fully saturated rings. The van der Waals surface area contributed by atoms with Crippen molar-refractivity contribution in [3.63, 3.8) is 0 Å². The van der Waals surface area contributed by atoms with E-state index >= 15 is 0 Å². The van der Waals surface area contributed by atoms with E-state index in [1.807, 2.05) is 24.3 Å². The number of carbonyl (C=O) groups is 1. The van der Waals surface area contributed by atoms with Gasteiger partial charge in [0.1, 0.15) is 11.6 Å². The Kier molecular flexibility index (Phi) is 3.27. The summed E-state index contributed by atoms with van der Waals surface area (Å²) in [6, 6.07) is 11.1. The van der Waals surface area contributed by atoms with Gasteiger partial charge in [-0.15, -0.1) is 10.2 Å². The number of amides is 1. The third-order valence-electron chi connectivity index (χ3n) is 3.28. The second kappa shape index (κ2) is 5.24. The Balaban J connectivity index is 1.95. The lowest BCUT2D eigenvalue weighted by Gasteiger charge is -2.03. The molecule has 6 heteroatoms. The van der Waals surface area contributed by atoms with Crippen LogP contribution < -0.4 is 10.5 Å². The molecule has 0 radical (unpaired) electrons. The average Bonchev–Trinajstić information content (AvgIpc) is 2.90. The number of primary amides is 1. The minimum atomic E-state index is -0.471. The van der Waals surface area contributed by atoms with Gasteiger partial charge in [0.2, 0.25) is 5.91 Å². The van der Waals surface area contributed by atoms with Crippen molar-refractivity contribution >= 4 is 11.6 Å². The maximum atomic E-state index is 11.3. The molecule has 0 bridgehead atoms. The number of carbonyl (C=O) groups excluding carboxylic acids is 1. The zero-order valence-electron chi connectivity index (χ0n) is 11.5. The van der Waals surface area contributed by atoms with Gasteiger partial charge in [0, 0.05) is 12.6 Å². The topological polar surface area (TPSA) is 82.5 Å². The summed E-state index contributed by atoms with van der Waals surface area (Å²) >= 11 is 0. The van der Waals surface area contributed by atoms with Crippen molar-refractivity contribution in [2.45, 2.75) is 6.42 Å². The van der Waals surface area contributed by atoms with Crippen LogP contribution in [-0.2, 0) is 6.42 Å². The molecular weight excluding hydrogens is 268 g/mol. The summed E-state index contributed by atoms with van der Waals surface area (Å²) in [6.07, 6.45) is 2.27. The van der Waals surface area contributed by atoms with Crippen LogP contribution in [0.25, 0.3) is 5.65 Å². The van der Waals surface area contributed by atoms with Gasteiger partial charge in [0.05, 0.1) is 12.7 Å². The number of fused-ring (bicyclic) bond motifs is 1. The Morgan fingerprint density at radius 1 is 1.19 bits per heavy atom. The standard InChI is InChI=1S/C15H14N4O2/c1-21-12-5-2-10(3-6-12)8-14-18-17-13-7-4-11(15(16)20)9-19(13)14/h2-7,9H,8H2,1H3,(H2,16,20).